The molecule has 0 fully saturated rings. The van der Waals surface area contributed by atoms with Crippen molar-refractivity contribution in [2.24, 2.45) is 5.41 Å². The fraction of sp³-hybridized carbons (Fsp3) is 0.692. The molecule has 0 aliphatic rings. The Morgan fingerprint density at radius 3 is 2.44 bits per heavy atom. The van der Waals surface area contributed by atoms with Crippen LogP contribution in [0.3, 0.4) is 0 Å². The molecule has 1 heterocycles. The van der Waals surface area contributed by atoms with Crippen molar-refractivity contribution in [2.75, 3.05) is 12.8 Å². The van der Waals surface area contributed by atoms with Crippen LogP contribution in [-0.4, -0.2) is 22.9 Å². The van der Waals surface area contributed by atoms with E-state index in [2.05, 4.69) is 5.10 Å². The number of hydrogen-bond acceptors (Lipinski definition) is 4. The van der Waals surface area contributed by atoms with Gasteiger partial charge in [0, 0.05) is 0 Å². The highest BCUT2D eigenvalue weighted by atomic mass is 16.5. The van der Waals surface area contributed by atoms with Gasteiger partial charge < -0.3 is 10.5 Å². The SMILES string of the molecule is CCc1nn(CC(C)(C)C(=O)OC)c(CC)c1N. The molecule has 0 spiro atoms. The summed E-state index contributed by atoms with van der Waals surface area (Å²) in [6.45, 7) is 8.24. The van der Waals surface area contributed by atoms with E-state index in [4.69, 9.17) is 10.5 Å². The molecule has 0 aliphatic carbocycles. The molecule has 0 radical (unpaired) electrons. The summed E-state index contributed by atoms with van der Waals surface area (Å²) in [4.78, 5) is 11.7. The number of nitrogens with two attached hydrogens (primary N) is 1. The average Bonchev–Trinajstić information content (AvgIpc) is 2.63. The molecule has 1 aromatic heterocycles. The molecule has 0 unspecified atom stereocenters. The summed E-state index contributed by atoms with van der Waals surface area (Å²) in [6, 6.07) is 0. The monoisotopic (exact) mass is 253 g/mol. The van der Waals surface area contributed by atoms with E-state index in [1.54, 1.807) is 0 Å². The minimum atomic E-state index is -0.609. The normalized spacial score (nSPS) is 11.6. The number of ether oxygens (including phenoxy) is 1. The van der Waals surface area contributed by atoms with Crippen LogP contribution < -0.4 is 5.73 Å². The topological polar surface area (TPSA) is 70.1 Å². The van der Waals surface area contributed by atoms with Crippen molar-refractivity contribution in [1.29, 1.82) is 0 Å². The van der Waals surface area contributed by atoms with Crippen LogP contribution in [0.5, 0.6) is 0 Å². The number of rotatable bonds is 5. The molecular weight excluding hydrogens is 230 g/mol. The van der Waals surface area contributed by atoms with Gasteiger partial charge in [-0.2, -0.15) is 5.10 Å². The van der Waals surface area contributed by atoms with Crippen molar-refractivity contribution in [3.63, 3.8) is 0 Å². The van der Waals surface area contributed by atoms with E-state index in [1.165, 1.54) is 7.11 Å². The number of anilines is 1. The maximum absolute atomic E-state index is 11.7. The van der Waals surface area contributed by atoms with Gasteiger partial charge in [0.1, 0.15) is 0 Å². The third kappa shape index (κ3) is 2.66. The molecule has 5 heteroatoms. The molecule has 1 rings (SSSR count). The molecule has 0 saturated heterocycles. The van der Waals surface area contributed by atoms with Gasteiger partial charge in [0.2, 0.25) is 0 Å². The van der Waals surface area contributed by atoms with Gasteiger partial charge in [-0.05, 0) is 26.7 Å². The van der Waals surface area contributed by atoms with E-state index >= 15 is 0 Å². The highest BCUT2D eigenvalue weighted by Gasteiger charge is 2.31. The molecule has 2 N–H and O–H groups in total. The number of carbonyl (C=O) groups excluding carboxylic acids is 1. The van der Waals surface area contributed by atoms with Gasteiger partial charge in [0.05, 0.1) is 36.1 Å². The lowest BCUT2D eigenvalue weighted by atomic mass is 9.94. The Kier molecular flexibility index (Phi) is 4.38. The molecule has 0 aliphatic heterocycles. The minimum absolute atomic E-state index is 0.239. The smallest absolute Gasteiger partial charge is 0.313 e. The Labute approximate surface area is 108 Å². The van der Waals surface area contributed by atoms with Gasteiger partial charge in [-0.1, -0.05) is 13.8 Å². The number of hydrogen-bond donors (Lipinski definition) is 1. The highest BCUT2D eigenvalue weighted by molar-refractivity contribution is 5.75. The zero-order valence-corrected chi connectivity index (χ0v) is 11.9. The maximum atomic E-state index is 11.7. The van der Waals surface area contributed by atoms with Gasteiger partial charge in [-0.3, -0.25) is 9.48 Å². The first-order valence-corrected chi connectivity index (χ1v) is 6.29. The Morgan fingerprint density at radius 1 is 1.39 bits per heavy atom. The molecule has 0 atom stereocenters. The van der Waals surface area contributed by atoms with E-state index < -0.39 is 5.41 Å². The predicted molar refractivity (Wildman–Crippen MR) is 71.2 cm³/mol. The second-order valence-electron chi connectivity index (χ2n) is 5.05. The van der Waals surface area contributed by atoms with Crippen molar-refractivity contribution >= 4 is 11.7 Å². The number of nitrogen functional groups attached to an aromatic ring is 1. The number of methoxy groups -OCH3 is 1. The van der Waals surface area contributed by atoms with Crippen LogP contribution in [0.25, 0.3) is 0 Å². The lowest BCUT2D eigenvalue weighted by Gasteiger charge is -2.22. The Morgan fingerprint density at radius 2 is 2.00 bits per heavy atom. The van der Waals surface area contributed by atoms with Gasteiger partial charge >= 0.3 is 5.97 Å². The molecule has 0 saturated carbocycles. The second kappa shape index (κ2) is 5.42. The van der Waals surface area contributed by atoms with Crippen LogP contribution in [0.2, 0.25) is 0 Å². The molecule has 18 heavy (non-hydrogen) atoms. The van der Waals surface area contributed by atoms with Crippen molar-refractivity contribution < 1.29 is 9.53 Å². The Balaban J connectivity index is 3.07. The first-order valence-electron chi connectivity index (χ1n) is 6.29. The van der Waals surface area contributed by atoms with E-state index in [0.717, 1.165) is 29.9 Å². The van der Waals surface area contributed by atoms with Crippen molar-refractivity contribution in [3.8, 4) is 0 Å². The largest absolute Gasteiger partial charge is 0.469 e. The Hall–Kier alpha value is -1.52. The summed E-state index contributed by atoms with van der Waals surface area (Å²) < 4.78 is 6.65. The van der Waals surface area contributed by atoms with Crippen molar-refractivity contribution in [3.05, 3.63) is 11.4 Å². The zero-order valence-electron chi connectivity index (χ0n) is 11.9. The van der Waals surface area contributed by atoms with Crippen LogP contribution >= 0.6 is 0 Å². The lowest BCUT2D eigenvalue weighted by Crippen LogP contribution is -2.31. The van der Waals surface area contributed by atoms with Crippen LogP contribution in [0.15, 0.2) is 0 Å². The number of esters is 1. The van der Waals surface area contributed by atoms with Gasteiger partial charge in [-0.25, -0.2) is 0 Å². The zero-order chi connectivity index (χ0) is 13.9. The van der Waals surface area contributed by atoms with Crippen LogP contribution in [0, 0.1) is 5.41 Å². The fourth-order valence-electron chi connectivity index (χ4n) is 2.05. The first kappa shape index (κ1) is 14.5. The van der Waals surface area contributed by atoms with Gasteiger partial charge in [0.25, 0.3) is 0 Å². The lowest BCUT2D eigenvalue weighted by molar-refractivity contribution is -0.151. The molecule has 0 aromatic carbocycles. The maximum Gasteiger partial charge on any atom is 0.313 e. The molecular formula is C13H23N3O2. The predicted octanol–water partition coefficient (Wildman–Crippen LogP) is 1.79. The fourth-order valence-corrected chi connectivity index (χ4v) is 2.05. The third-order valence-electron chi connectivity index (χ3n) is 3.13. The Bertz CT molecular complexity index is 436. The minimum Gasteiger partial charge on any atom is -0.469 e. The summed E-state index contributed by atoms with van der Waals surface area (Å²) >= 11 is 0. The van der Waals surface area contributed by atoms with Gasteiger partial charge in [0.15, 0.2) is 0 Å². The van der Waals surface area contributed by atoms with Crippen molar-refractivity contribution in [1.82, 2.24) is 9.78 Å². The molecule has 5 nitrogen and oxygen atoms in total. The summed E-state index contributed by atoms with van der Waals surface area (Å²) in [6.07, 6.45) is 1.60. The quantitative estimate of drug-likeness (QED) is 0.812. The van der Waals surface area contributed by atoms with Crippen molar-refractivity contribution in [2.45, 2.75) is 47.1 Å². The highest BCUT2D eigenvalue weighted by Crippen LogP contribution is 2.25. The summed E-state index contributed by atoms with van der Waals surface area (Å²) in [5, 5.41) is 4.48. The molecule has 102 valence electrons. The van der Waals surface area contributed by atoms with E-state index in [9.17, 15) is 4.79 Å². The van der Waals surface area contributed by atoms with Crippen LogP contribution in [0.4, 0.5) is 5.69 Å². The van der Waals surface area contributed by atoms with Gasteiger partial charge in [-0.15, -0.1) is 0 Å². The summed E-state index contributed by atoms with van der Waals surface area (Å²) in [5.74, 6) is -0.239. The molecule has 0 bridgehead atoms. The number of carbonyl (C=O) groups is 1. The number of aromatic nitrogens is 2. The summed E-state index contributed by atoms with van der Waals surface area (Å²) in [5.41, 5.74) is 8.08. The number of nitrogens with zero attached hydrogens (tertiary/aromatic N) is 2. The second-order valence-corrected chi connectivity index (χ2v) is 5.05. The van der Waals surface area contributed by atoms with Crippen LogP contribution in [0.1, 0.15) is 39.1 Å². The summed E-state index contributed by atoms with van der Waals surface area (Å²) in [7, 11) is 1.40. The third-order valence-corrected chi connectivity index (χ3v) is 3.13. The number of aryl methyl sites for hydroxylation is 1. The first-order chi connectivity index (χ1) is 8.37. The van der Waals surface area contributed by atoms with E-state index in [-0.39, 0.29) is 5.97 Å². The molecule has 0 amide bonds. The standard InChI is InChI=1S/C13H23N3O2/c1-6-9-11(14)10(7-2)16(15-9)8-13(3,4)12(17)18-5/h6-8,14H2,1-5H3. The molecule has 1 aromatic rings. The van der Waals surface area contributed by atoms with Crippen LogP contribution in [-0.2, 0) is 28.9 Å². The average molecular weight is 253 g/mol. The van der Waals surface area contributed by atoms with E-state index in [0.29, 0.717) is 6.54 Å². The van der Waals surface area contributed by atoms with E-state index in [1.807, 2.05) is 32.4 Å².